The van der Waals surface area contributed by atoms with E-state index in [0.29, 0.717) is 58.7 Å². The van der Waals surface area contributed by atoms with Crippen molar-refractivity contribution in [2.75, 3.05) is 50.2 Å². The number of sulfonamides is 1. The molecule has 2 saturated heterocycles. The molecule has 1 N–H and O–H groups in total. The summed E-state index contributed by atoms with van der Waals surface area (Å²) in [5, 5.41) is 3.97. The first kappa shape index (κ1) is 31.6. The highest BCUT2D eigenvalue weighted by atomic mass is 32.2. The zero-order valence-electron chi connectivity index (χ0n) is 24.1. The van der Waals surface area contributed by atoms with Gasteiger partial charge in [0.2, 0.25) is 10.0 Å². The highest BCUT2D eigenvalue weighted by molar-refractivity contribution is 7.92. The molecule has 3 heterocycles. The molecule has 232 valence electrons. The second-order valence-electron chi connectivity index (χ2n) is 11.7. The Balaban J connectivity index is 1.38. The van der Waals surface area contributed by atoms with Gasteiger partial charge in [-0.25, -0.2) is 18.0 Å². The number of amides is 2. The smallest absolute Gasteiger partial charge is 0.416 e. The van der Waals surface area contributed by atoms with Crippen molar-refractivity contribution in [3.63, 3.8) is 0 Å². The van der Waals surface area contributed by atoms with Gasteiger partial charge in [-0.2, -0.15) is 17.9 Å². The molecule has 15 heteroatoms. The van der Waals surface area contributed by atoms with Crippen molar-refractivity contribution < 1.29 is 35.9 Å². The summed E-state index contributed by atoms with van der Waals surface area (Å²) >= 11 is 0. The predicted octanol–water partition coefficient (Wildman–Crippen LogP) is 4.17. The number of hydrogen-bond donors (Lipinski definition) is 1. The van der Waals surface area contributed by atoms with E-state index in [1.54, 1.807) is 36.6 Å². The molecule has 0 saturated carbocycles. The molecule has 0 spiro atoms. The van der Waals surface area contributed by atoms with Crippen molar-refractivity contribution in [3.8, 4) is 0 Å². The lowest BCUT2D eigenvalue weighted by molar-refractivity contribution is -0.138. The fourth-order valence-electron chi connectivity index (χ4n) is 5.18. The number of nitrogens with zero attached hydrogens (tertiary/aromatic N) is 5. The van der Waals surface area contributed by atoms with E-state index < -0.39 is 39.5 Å². The van der Waals surface area contributed by atoms with Crippen LogP contribution in [0.5, 0.6) is 0 Å². The highest BCUT2D eigenvalue weighted by Gasteiger charge is 2.37. The molecule has 1 aromatic carbocycles. The second-order valence-corrected chi connectivity index (χ2v) is 13.5. The number of benzene rings is 1. The Morgan fingerprint density at radius 2 is 1.64 bits per heavy atom. The van der Waals surface area contributed by atoms with E-state index in [1.165, 1.54) is 18.3 Å². The quantitative estimate of drug-likeness (QED) is 0.537. The number of ether oxygens (including phenoxy) is 1. The fraction of sp³-hybridized carbons (Fsp3) is 0.593. The van der Waals surface area contributed by atoms with Crippen molar-refractivity contribution in [1.82, 2.24) is 24.5 Å². The maximum Gasteiger partial charge on any atom is 0.416 e. The van der Waals surface area contributed by atoms with Crippen LogP contribution >= 0.6 is 0 Å². The summed E-state index contributed by atoms with van der Waals surface area (Å²) in [7, 11) is -3.53. The molecule has 2 aromatic rings. The van der Waals surface area contributed by atoms with Crippen LogP contribution < -0.4 is 4.72 Å². The van der Waals surface area contributed by atoms with Gasteiger partial charge in [0.1, 0.15) is 5.60 Å². The van der Waals surface area contributed by atoms with Crippen LogP contribution in [0.2, 0.25) is 0 Å². The minimum absolute atomic E-state index is 0.0399. The van der Waals surface area contributed by atoms with Gasteiger partial charge in [0.25, 0.3) is 0 Å². The van der Waals surface area contributed by atoms with Crippen molar-refractivity contribution >= 4 is 28.0 Å². The van der Waals surface area contributed by atoms with E-state index >= 15 is 0 Å². The molecule has 4 rings (SSSR count). The van der Waals surface area contributed by atoms with E-state index in [0.717, 1.165) is 22.6 Å². The average Bonchev–Trinajstić information content (AvgIpc) is 3.34. The monoisotopic (exact) mass is 614 g/mol. The molecular weight excluding hydrogens is 577 g/mol. The first-order valence-electron chi connectivity index (χ1n) is 13.7. The number of alkyl halides is 3. The summed E-state index contributed by atoms with van der Waals surface area (Å²) in [4.78, 5) is 30.4. The molecule has 0 radical (unpaired) electrons. The minimum Gasteiger partial charge on any atom is -0.444 e. The Bertz CT molecular complexity index is 1390. The van der Waals surface area contributed by atoms with Gasteiger partial charge in [0.15, 0.2) is 5.82 Å². The van der Waals surface area contributed by atoms with Gasteiger partial charge >= 0.3 is 18.3 Å². The lowest BCUT2D eigenvalue weighted by Gasteiger charge is -2.35. The number of carbonyl (C=O) groups excluding carboxylic acids is 2. The molecule has 11 nitrogen and oxygen atoms in total. The Morgan fingerprint density at radius 1 is 1.00 bits per heavy atom. The van der Waals surface area contributed by atoms with E-state index in [-0.39, 0.29) is 17.3 Å². The zero-order valence-corrected chi connectivity index (χ0v) is 25.0. The number of hydrogen-bond acceptors (Lipinski definition) is 7. The zero-order chi connectivity index (χ0) is 30.9. The Labute approximate surface area is 243 Å². The van der Waals surface area contributed by atoms with E-state index in [2.05, 4.69) is 14.7 Å². The van der Waals surface area contributed by atoms with Crippen LogP contribution in [0.3, 0.4) is 0 Å². The molecular formula is C27H37F3N6O5S. The summed E-state index contributed by atoms with van der Waals surface area (Å²) in [6.07, 6.45) is -1.78. The molecule has 2 aliphatic heterocycles. The molecule has 42 heavy (non-hydrogen) atoms. The number of rotatable bonds is 5. The summed E-state index contributed by atoms with van der Waals surface area (Å²) in [5.74, 6) is -0.302. The number of piperazine rings is 1. The molecule has 0 aliphatic carbocycles. The summed E-state index contributed by atoms with van der Waals surface area (Å²) < 4.78 is 73.3. The molecule has 2 aliphatic rings. The lowest BCUT2D eigenvalue weighted by atomic mass is 9.85. The number of carbonyl (C=O) groups is 2. The summed E-state index contributed by atoms with van der Waals surface area (Å²) in [5.41, 5.74) is -0.308. The van der Waals surface area contributed by atoms with Crippen molar-refractivity contribution in [2.45, 2.75) is 57.9 Å². The third-order valence-corrected chi connectivity index (χ3v) is 7.71. The van der Waals surface area contributed by atoms with Gasteiger partial charge in [-0.1, -0.05) is 12.1 Å². The van der Waals surface area contributed by atoms with Crippen LogP contribution in [-0.2, 0) is 27.5 Å². The van der Waals surface area contributed by atoms with Gasteiger partial charge in [-0.3, -0.25) is 9.62 Å². The average molecular weight is 615 g/mol. The maximum absolute atomic E-state index is 14.0. The van der Waals surface area contributed by atoms with Crippen molar-refractivity contribution in [3.05, 3.63) is 47.2 Å². The van der Waals surface area contributed by atoms with Gasteiger partial charge < -0.3 is 14.5 Å². The topological polar surface area (TPSA) is 117 Å². The number of likely N-dealkylation sites (tertiary alicyclic amines) is 1. The largest absolute Gasteiger partial charge is 0.444 e. The van der Waals surface area contributed by atoms with Gasteiger partial charge in [0, 0.05) is 58.1 Å². The van der Waals surface area contributed by atoms with Crippen LogP contribution in [0.1, 0.15) is 56.2 Å². The van der Waals surface area contributed by atoms with E-state index in [9.17, 15) is 31.2 Å². The fourth-order valence-corrected chi connectivity index (χ4v) is 5.67. The molecule has 0 bridgehead atoms. The number of nitrogens with one attached hydrogen (secondary N) is 1. The van der Waals surface area contributed by atoms with E-state index in [4.69, 9.17) is 4.74 Å². The second kappa shape index (κ2) is 12.1. The standard InChI is InChI=1S/C27H37F3N6O5S/c1-26(2,3)41-25(38)35-10-7-20(8-11-35)21-17-19(5-6-22(21)27(28,29)30)18-33-13-15-34(16-14-33)24(37)36-12-9-23(31-36)32-42(4,39)40/h5-6,9,12,17,20H,7-8,10-11,13-16,18H2,1-4H3,(H,31,32). The number of piperidine rings is 1. The molecule has 0 atom stereocenters. The van der Waals surface area contributed by atoms with Gasteiger partial charge in [-0.05, 0) is 56.7 Å². The first-order chi connectivity index (χ1) is 19.5. The highest BCUT2D eigenvalue weighted by Crippen LogP contribution is 2.39. The molecule has 0 unspecified atom stereocenters. The van der Waals surface area contributed by atoms with E-state index in [1.807, 2.05) is 0 Å². The molecule has 1 aromatic heterocycles. The molecule has 2 amide bonds. The maximum atomic E-state index is 14.0. The van der Waals surface area contributed by atoms with Crippen LogP contribution in [0.15, 0.2) is 30.5 Å². The predicted molar refractivity (Wildman–Crippen MR) is 150 cm³/mol. The third-order valence-electron chi connectivity index (χ3n) is 7.13. The van der Waals surface area contributed by atoms with Crippen LogP contribution in [0.4, 0.5) is 28.6 Å². The Kier molecular flexibility index (Phi) is 9.11. The first-order valence-corrected chi connectivity index (χ1v) is 15.6. The number of halogens is 3. The Morgan fingerprint density at radius 3 is 2.21 bits per heavy atom. The van der Waals surface area contributed by atoms with Crippen LogP contribution in [-0.4, -0.2) is 96.1 Å². The summed E-state index contributed by atoms with van der Waals surface area (Å²) in [6.45, 7) is 8.14. The molecule has 2 fully saturated rings. The third kappa shape index (κ3) is 8.37. The van der Waals surface area contributed by atoms with Crippen LogP contribution in [0, 0.1) is 0 Å². The van der Waals surface area contributed by atoms with Gasteiger partial charge in [0.05, 0.1) is 11.8 Å². The SMILES string of the molecule is CC(C)(C)OC(=O)N1CCC(c2cc(CN3CCN(C(=O)n4ccc(NS(C)(=O)=O)n4)CC3)ccc2C(F)(F)F)CC1. The normalized spacial score (nSPS) is 17.8. The summed E-state index contributed by atoms with van der Waals surface area (Å²) in [6, 6.07) is 5.27. The van der Waals surface area contributed by atoms with Gasteiger partial charge in [-0.15, -0.1) is 5.10 Å². The minimum atomic E-state index is -4.49. The Hall–Kier alpha value is -3.33. The van der Waals surface area contributed by atoms with Crippen molar-refractivity contribution in [1.29, 1.82) is 0 Å². The number of aromatic nitrogens is 2. The lowest BCUT2D eigenvalue weighted by Crippen LogP contribution is -2.49. The number of anilines is 1. The van der Waals surface area contributed by atoms with Crippen LogP contribution in [0.25, 0.3) is 0 Å². The van der Waals surface area contributed by atoms with Crippen molar-refractivity contribution in [2.24, 2.45) is 0 Å².